The van der Waals surface area contributed by atoms with Crippen LogP contribution in [0.5, 0.6) is 0 Å². The Bertz CT molecular complexity index is 2650. The first-order valence-electron chi connectivity index (χ1n) is 21.5. The molecule has 1 fully saturated rings. The van der Waals surface area contributed by atoms with Gasteiger partial charge in [0, 0.05) is 52.6 Å². The van der Waals surface area contributed by atoms with Crippen LogP contribution in [0.15, 0.2) is 130 Å². The number of likely N-dealkylation sites (N-methyl/N-ethyl adjacent to an activating group) is 1. The van der Waals surface area contributed by atoms with E-state index < -0.39 is 58.9 Å². The topological polar surface area (TPSA) is 156 Å². The average molecular weight is 988 g/mol. The third-order valence-electron chi connectivity index (χ3n) is 11.7. The normalized spacial score (nSPS) is 14.9. The van der Waals surface area contributed by atoms with E-state index in [4.69, 9.17) is 11.6 Å². The zero-order valence-corrected chi connectivity index (χ0v) is 39.9. The lowest BCUT2D eigenvalue weighted by molar-refractivity contribution is -0.0435. The predicted molar refractivity (Wildman–Crippen MR) is 255 cm³/mol. The number of aliphatic hydroxyl groups is 2. The highest BCUT2D eigenvalue weighted by Crippen LogP contribution is 2.40. The van der Waals surface area contributed by atoms with E-state index in [1.165, 1.54) is 23.9 Å². The molecule has 0 saturated carbocycles. The summed E-state index contributed by atoms with van der Waals surface area (Å²) < 4.78 is 97.4. The number of carbonyl (C=O) groups is 1. The standard InChI is InChI=1S/C48H54ClF3N4O7S3/c1-32(2)36-13-19-42(33-9-14-37(49)15-10-33)43(29-36)46(58)34-21-25-56(26-22-34)39-16-11-35(12-17-39)47(59)54-66(62,63)41-18-20-44(45(30-41)65(60,61)48(50,51)52)53-38(23-24-55(3)27-28-57)31-64-40-7-5-4-6-8-40/h4-20,29-30,32,34,38,46,53,57-58H,21-28,31H2,1-3H3,(H,54,59)/t38-,46+/m1/s1. The van der Waals surface area contributed by atoms with Crippen molar-refractivity contribution in [3.63, 3.8) is 0 Å². The summed E-state index contributed by atoms with van der Waals surface area (Å²) in [6, 6.07) is 30.8. The highest BCUT2D eigenvalue weighted by molar-refractivity contribution is 7.99. The molecule has 5 aromatic rings. The SMILES string of the molecule is CC(C)c1ccc(-c2ccc(Cl)cc2)c([C@@H](O)C2CCN(c3ccc(C(=O)NS(=O)(=O)c4ccc(N[C@H](CCN(C)CCO)CSc5ccccc5)c(S(=O)(=O)C(F)(F)F)c4)cc3)CC2)c1. The van der Waals surface area contributed by atoms with Crippen LogP contribution >= 0.6 is 23.4 Å². The summed E-state index contributed by atoms with van der Waals surface area (Å²) in [5.41, 5.74) is -1.66. The first-order valence-corrected chi connectivity index (χ1v) is 25.8. The number of anilines is 2. The number of sulfonamides is 1. The molecule has 1 heterocycles. The van der Waals surface area contributed by atoms with Crippen LogP contribution in [-0.4, -0.2) is 95.0 Å². The van der Waals surface area contributed by atoms with Gasteiger partial charge in [-0.15, -0.1) is 11.8 Å². The Balaban J connectivity index is 1.15. The van der Waals surface area contributed by atoms with Crippen LogP contribution in [0.25, 0.3) is 11.1 Å². The zero-order chi connectivity index (χ0) is 47.8. The second kappa shape index (κ2) is 22.0. The van der Waals surface area contributed by atoms with Crippen LogP contribution in [0.2, 0.25) is 5.02 Å². The Morgan fingerprint density at radius 1 is 0.894 bits per heavy atom. The van der Waals surface area contributed by atoms with Gasteiger partial charge >= 0.3 is 5.51 Å². The molecule has 354 valence electrons. The number of halogens is 4. The molecule has 0 aromatic heterocycles. The molecule has 1 amide bonds. The van der Waals surface area contributed by atoms with E-state index in [9.17, 15) is 45.0 Å². The smallest absolute Gasteiger partial charge is 0.395 e. The third-order valence-corrected chi connectivity index (χ3v) is 16.0. The zero-order valence-electron chi connectivity index (χ0n) is 36.7. The minimum atomic E-state index is -6.09. The summed E-state index contributed by atoms with van der Waals surface area (Å²) in [4.78, 5) is 15.9. The Hall–Kier alpha value is -4.62. The fourth-order valence-corrected chi connectivity index (χ4v) is 10.9. The van der Waals surface area contributed by atoms with Gasteiger partial charge < -0.3 is 25.3 Å². The minimum absolute atomic E-state index is 0.0362. The molecule has 0 bridgehead atoms. The van der Waals surface area contributed by atoms with Crippen LogP contribution in [0, 0.1) is 5.92 Å². The van der Waals surface area contributed by atoms with Crippen molar-refractivity contribution in [2.45, 2.75) is 71.4 Å². The van der Waals surface area contributed by atoms with Gasteiger partial charge in [0.15, 0.2) is 0 Å². The van der Waals surface area contributed by atoms with Crippen LogP contribution in [0.3, 0.4) is 0 Å². The summed E-state index contributed by atoms with van der Waals surface area (Å²) in [5, 5.41) is 24.7. The molecule has 1 aliphatic heterocycles. The number of nitrogens with zero attached hydrogens (tertiary/aromatic N) is 2. The molecule has 1 saturated heterocycles. The van der Waals surface area contributed by atoms with Gasteiger partial charge in [0.25, 0.3) is 25.8 Å². The highest BCUT2D eigenvalue weighted by Gasteiger charge is 2.48. The number of thioether (sulfide) groups is 1. The molecule has 0 aliphatic carbocycles. The van der Waals surface area contributed by atoms with Gasteiger partial charge in [-0.25, -0.2) is 21.6 Å². The molecule has 4 N–H and O–H groups in total. The summed E-state index contributed by atoms with van der Waals surface area (Å²) in [6.07, 6.45) is 0.947. The molecule has 0 radical (unpaired) electrons. The lowest BCUT2D eigenvalue weighted by Gasteiger charge is -2.36. The molecule has 2 atom stereocenters. The Kier molecular flexibility index (Phi) is 16.9. The maximum absolute atomic E-state index is 14.1. The second-order valence-electron chi connectivity index (χ2n) is 16.6. The molecular formula is C48H54ClF3N4O7S3. The number of hydrogen-bond donors (Lipinski definition) is 4. The molecule has 0 unspecified atom stereocenters. The minimum Gasteiger partial charge on any atom is -0.395 e. The van der Waals surface area contributed by atoms with Crippen molar-refractivity contribution >= 4 is 60.5 Å². The lowest BCUT2D eigenvalue weighted by atomic mass is 9.82. The largest absolute Gasteiger partial charge is 0.501 e. The summed E-state index contributed by atoms with van der Waals surface area (Å²) in [7, 11) is -9.23. The third kappa shape index (κ3) is 12.7. The van der Waals surface area contributed by atoms with Crippen molar-refractivity contribution in [2.24, 2.45) is 5.92 Å². The lowest BCUT2D eigenvalue weighted by Crippen LogP contribution is -2.36. The average Bonchev–Trinajstić information content (AvgIpc) is 3.29. The molecule has 6 rings (SSSR count). The Labute approximate surface area is 394 Å². The number of piperidine rings is 1. The summed E-state index contributed by atoms with van der Waals surface area (Å²) in [6.45, 7) is 6.03. The van der Waals surface area contributed by atoms with Gasteiger partial charge in [-0.3, -0.25) is 4.79 Å². The predicted octanol–water partition coefficient (Wildman–Crippen LogP) is 9.38. The number of alkyl halides is 3. The molecule has 0 spiro atoms. The van der Waals surface area contributed by atoms with E-state index in [2.05, 4.69) is 36.2 Å². The van der Waals surface area contributed by atoms with Gasteiger partial charge in [-0.2, -0.15) is 13.2 Å². The van der Waals surface area contributed by atoms with Crippen molar-refractivity contribution in [3.8, 4) is 11.1 Å². The number of benzene rings is 5. The quantitative estimate of drug-likeness (QED) is 0.0585. The maximum Gasteiger partial charge on any atom is 0.501 e. The van der Waals surface area contributed by atoms with E-state index in [0.717, 1.165) is 45.0 Å². The van der Waals surface area contributed by atoms with Crippen molar-refractivity contribution < 1.29 is 45.0 Å². The second-order valence-corrected chi connectivity index (χ2v) is 21.8. The van der Waals surface area contributed by atoms with Crippen molar-refractivity contribution in [1.82, 2.24) is 9.62 Å². The van der Waals surface area contributed by atoms with E-state index in [1.54, 1.807) is 19.2 Å². The van der Waals surface area contributed by atoms with Crippen molar-refractivity contribution in [3.05, 3.63) is 137 Å². The van der Waals surface area contributed by atoms with E-state index in [0.29, 0.717) is 62.3 Å². The first-order chi connectivity index (χ1) is 31.3. The van der Waals surface area contributed by atoms with Gasteiger partial charge in [-0.05, 0) is 134 Å². The number of carbonyl (C=O) groups excluding carboxylic acids is 1. The van der Waals surface area contributed by atoms with Crippen LogP contribution < -0.4 is 14.9 Å². The Morgan fingerprint density at radius 3 is 2.18 bits per heavy atom. The number of aliphatic hydroxyl groups excluding tert-OH is 2. The van der Waals surface area contributed by atoms with Gasteiger partial charge in [0.2, 0.25) is 0 Å². The molecule has 11 nitrogen and oxygen atoms in total. The first kappa shape index (κ1) is 50.8. The fourth-order valence-electron chi connectivity index (χ4n) is 7.79. The molecular weight excluding hydrogens is 933 g/mol. The van der Waals surface area contributed by atoms with E-state index >= 15 is 0 Å². The number of sulfone groups is 1. The number of nitrogens with one attached hydrogen (secondary N) is 2. The molecule has 66 heavy (non-hydrogen) atoms. The highest BCUT2D eigenvalue weighted by atomic mass is 35.5. The maximum atomic E-state index is 14.1. The van der Waals surface area contributed by atoms with Crippen LogP contribution in [0.4, 0.5) is 24.5 Å². The fraction of sp³-hybridized carbons (Fsp3) is 0.354. The van der Waals surface area contributed by atoms with Gasteiger partial charge in [0.05, 0.1) is 23.3 Å². The van der Waals surface area contributed by atoms with E-state index in [-0.39, 0.29) is 24.0 Å². The molecule has 1 aliphatic rings. The van der Waals surface area contributed by atoms with Gasteiger partial charge in [0.1, 0.15) is 4.90 Å². The van der Waals surface area contributed by atoms with Crippen LogP contribution in [-0.2, 0) is 19.9 Å². The Morgan fingerprint density at radius 2 is 1.56 bits per heavy atom. The number of hydrogen-bond acceptors (Lipinski definition) is 11. The number of amides is 1. The van der Waals surface area contributed by atoms with E-state index in [1.807, 2.05) is 70.3 Å². The molecule has 18 heteroatoms. The molecule has 5 aromatic carbocycles. The van der Waals surface area contributed by atoms with Crippen LogP contribution in [0.1, 0.15) is 66.6 Å². The summed E-state index contributed by atoms with van der Waals surface area (Å²) >= 11 is 7.55. The number of rotatable bonds is 19. The monoisotopic (exact) mass is 986 g/mol. The van der Waals surface area contributed by atoms with Gasteiger partial charge in [-0.1, -0.05) is 74.0 Å². The van der Waals surface area contributed by atoms with Crippen molar-refractivity contribution in [1.29, 1.82) is 0 Å². The summed E-state index contributed by atoms with van der Waals surface area (Å²) in [5.74, 6) is -0.539. The van der Waals surface area contributed by atoms with Crippen molar-refractivity contribution in [2.75, 3.05) is 55.8 Å².